The van der Waals surface area contributed by atoms with Crippen molar-refractivity contribution >= 4 is 17.8 Å². The van der Waals surface area contributed by atoms with Crippen LogP contribution < -0.4 is 0 Å². The molecule has 6 heteroatoms. The van der Waals surface area contributed by atoms with Crippen LogP contribution in [0.1, 0.15) is 40.3 Å². The van der Waals surface area contributed by atoms with E-state index in [0.29, 0.717) is 10.8 Å². The topological polar surface area (TPSA) is 76.6 Å². The maximum atomic E-state index is 12.5. The summed E-state index contributed by atoms with van der Waals surface area (Å²) in [5.41, 5.74) is -0.167. The number of fused-ring (bicyclic) bond motifs is 1. The molecule has 0 unspecified atom stereocenters. The van der Waals surface area contributed by atoms with Gasteiger partial charge in [-0.1, -0.05) is 23.3 Å². The van der Waals surface area contributed by atoms with E-state index in [-0.39, 0.29) is 11.1 Å². The largest absolute Gasteiger partial charge is 0.344 e. The van der Waals surface area contributed by atoms with Crippen molar-refractivity contribution in [2.24, 2.45) is 0 Å². The molecule has 0 radical (unpaired) electrons. The van der Waals surface area contributed by atoms with Gasteiger partial charge in [-0.3, -0.25) is 14.6 Å². The molecular weight excluding hydrogens is 296 g/mol. The first kappa shape index (κ1) is 14.9. The summed E-state index contributed by atoms with van der Waals surface area (Å²) < 4.78 is 0. The third-order valence-electron chi connectivity index (χ3n) is 3.75. The van der Waals surface area contributed by atoms with Gasteiger partial charge in [0.2, 0.25) is 0 Å². The van der Waals surface area contributed by atoms with Gasteiger partial charge in [0.05, 0.1) is 16.8 Å². The minimum Gasteiger partial charge on any atom is -0.329 e. The van der Waals surface area contributed by atoms with E-state index >= 15 is 0 Å². The summed E-state index contributed by atoms with van der Waals surface area (Å²) in [6.45, 7) is 3.24. The number of imide groups is 1. The molecule has 23 heavy (non-hydrogen) atoms. The first-order valence-electron chi connectivity index (χ1n) is 7.04. The van der Waals surface area contributed by atoms with Crippen LogP contribution >= 0.6 is 0 Å². The number of rotatable bonds is 3. The Kier molecular flexibility index (Phi) is 3.44. The predicted molar refractivity (Wildman–Crippen MR) is 80.3 cm³/mol. The molecule has 0 bridgehead atoms. The van der Waals surface area contributed by atoms with Crippen LogP contribution in [0, 0.1) is 0 Å². The van der Waals surface area contributed by atoms with Gasteiger partial charge in [-0.05, 0) is 38.1 Å². The lowest BCUT2D eigenvalue weighted by molar-refractivity contribution is -0.174. The summed E-state index contributed by atoms with van der Waals surface area (Å²) in [6, 6.07) is 11.5. The number of nitrogens with zero attached hydrogens (tertiary/aromatic N) is 2. The minimum absolute atomic E-state index is 0.223. The molecule has 0 saturated heterocycles. The van der Waals surface area contributed by atoms with Crippen LogP contribution in [0.3, 0.4) is 0 Å². The van der Waals surface area contributed by atoms with Gasteiger partial charge in [0.15, 0.2) is 0 Å². The van der Waals surface area contributed by atoms with Gasteiger partial charge in [-0.2, -0.15) is 0 Å². The standard InChI is InChI=1S/C17H14N2O4/c1-17(2,13-9-5-6-10-18-13)16(22)23-19-14(20)11-7-3-4-8-12(11)15(19)21/h3-10H,1-2H3. The summed E-state index contributed by atoms with van der Waals surface area (Å²) in [5.74, 6) is -2.02. The molecule has 6 nitrogen and oxygen atoms in total. The van der Waals surface area contributed by atoms with Gasteiger partial charge >= 0.3 is 5.97 Å². The van der Waals surface area contributed by atoms with Crippen molar-refractivity contribution in [1.29, 1.82) is 0 Å². The van der Waals surface area contributed by atoms with Crippen LogP contribution in [0.15, 0.2) is 48.7 Å². The molecule has 2 heterocycles. The number of benzene rings is 1. The fourth-order valence-electron chi connectivity index (χ4n) is 2.28. The lowest BCUT2D eigenvalue weighted by Gasteiger charge is -2.23. The molecule has 1 aromatic carbocycles. The number of hydrogen-bond donors (Lipinski definition) is 0. The molecular formula is C17H14N2O4. The Labute approximate surface area is 132 Å². The summed E-state index contributed by atoms with van der Waals surface area (Å²) in [6.07, 6.45) is 1.56. The van der Waals surface area contributed by atoms with Crippen molar-refractivity contribution in [3.63, 3.8) is 0 Å². The van der Waals surface area contributed by atoms with E-state index in [1.54, 1.807) is 50.4 Å². The summed E-state index contributed by atoms with van der Waals surface area (Å²) in [7, 11) is 0. The van der Waals surface area contributed by atoms with Gasteiger partial charge in [0, 0.05) is 6.20 Å². The smallest absolute Gasteiger partial charge is 0.329 e. The lowest BCUT2D eigenvalue weighted by atomic mass is 9.89. The highest BCUT2D eigenvalue weighted by Crippen LogP contribution is 2.27. The van der Waals surface area contributed by atoms with Crippen LogP contribution in [0.25, 0.3) is 0 Å². The van der Waals surface area contributed by atoms with Crippen LogP contribution in [0.4, 0.5) is 0 Å². The fraction of sp³-hybridized carbons (Fsp3) is 0.176. The van der Waals surface area contributed by atoms with E-state index < -0.39 is 23.2 Å². The number of carbonyl (C=O) groups is 3. The number of carbonyl (C=O) groups excluding carboxylic acids is 3. The molecule has 2 amide bonds. The third-order valence-corrected chi connectivity index (χ3v) is 3.75. The molecule has 0 N–H and O–H groups in total. The number of pyridine rings is 1. The second kappa shape index (κ2) is 5.31. The predicted octanol–water partition coefficient (Wildman–Crippen LogP) is 2.11. The number of hydrogen-bond acceptors (Lipinski definition) is 5. The maximum absolute atomic E-state index is 12.5. The highest BCUT2D eigenvalue weighted by molar-refractivity contribution is 6.21. The Morgan fingerprint density at radius 2 is 1.57 bits per heavy atom. The zero-order valence-electron chi connectivity index (χ0n) is 12.6. The Hall–Kier alpha value is -3.02. The minimum atomic E-state index is -1.10. The zero-order valence-corrected chi connectivity index (χ0v) is 12.6. The SMILES string of the molecule is CC(C)(C(=O)ON1C(=O)c2ccccc2C1=O)c1ccccn1. The first-order valence-corrected chi connectivity index (χ1v) is 7.04. The zero-order chi connectivity index (χ0) is 16.6. The van der Waals surface area contributed by atoms with E-state index in [2.05, 4.69) is 4.98 Å². The quantitative estimate of drug-likeness (QED) is 0.812. The van der Waals surface area contributed by atoms with Crippen LogP contribution in [0.5, 0.6) is 0 Å². The number of aromatic nitrogens is 1. The van der Waals surface area contributed by atoms with Gasteiger partial charge in [0.1, 0.15) is 5.41 Å². The fourth-order valence-corrected chi connectivity index (χ4v) is 2.28. The van der Waals surface area contributed by atoms with Crippen molar-refractivity contribution in [2.75, 3.05) is 0 Å². The van der Waals surface area contributed by atoms with E-state index in [4.69, 9.17) is 4.84 Å². The normalized spacial score (nSPS) is 13.9. The van der Waals surface area contributed by atoms with Crippen molar-refractivity contribution in [3.05, 3.63) is 65.5 Å². The van der Waals surface area contributed by atoms with Crippen molar-refractivity contribution < 1.29 is 19.2 Å². The van der Waals surface area contributed by atoms with Gasteiger partial charge in [-0.25, -0.2) is 4.79 Å². The Bertz CT molecular complexity index is 764. The van der Waals surface area contributed by atoms with Gasteiger partial charge in [-0.15, -0.1) is 0 Å². The third kappa shape index (κ3) is 2.38. The Morgan fingerprint density at radius 1 is 1.00 bits per heavy atom. The van der Waals surface area contributed by atoms with Crippen molar-refractivity contribution in [2.45, 2.75) is 19.3 Å². The molecule has 0 aliphatic carbocycles. The van der Waals surface area contributed by atoms with Crippen LogP contribution in [-0.2, 0) is 15.0 Å². The summed E-state index contributed by atoms with van der Waals surface area (Å²) in [4.78, 5) is 46.1. The van der Waals surface area contributed by atoms with Crippen LogP contribution in [-0.4, -0.2) is 27.8 Å². The second-order valence-electron chi connectivity index (χ2n) is 5.67. The van der Waals surface area contributed by atoms with E-state index in [9.17, 15) is 14.4 Å². The average Bonchev–Trinajstić information content (AvgIpc) is 2.81. The van der Waals surface area contributed by atoms with Crippen molar-refractivity contribution in [1.82, 2.24) is 10.0 Å². The molecule has 1 aliphatic heterocycles. The first-order chi connectivity index (χ1) is 10.9. The molecule has 116 valence electrons. The van der Waals surface area contributed by atoms with Crippen LogP contribution in [0.2, 0.25) is 0 Å². The number of amides is 2. The number of hydroxylamine groups is 2. The summed E-state index contributed by atoms with van der Waals surface area (Å²) >= 11 is 0. The molecule has 0 fully saturated rings. The van der Waals surface area contributed by atoms with Gasteiger partial charge in [0.25, 0.3) is 11.8 Å². The molecule has 0 saturated carbocycles. The molecule has 2 aromatic rings. The monoisotopic (exact) mass is 310 g/mol. The Morgan fingerprint density at radius 3 is 2.09 bits per heavy atom. The van der Waals surface area contributed by atoms with E-state index in [1.807, 2.05) is 0 Å². The van der Waals surface area contributed by atoms with Crippen molar-refractivity contribution in [3.8, 4) is 0 Å². The van der Waals surface area contributed by atoms with E-state index in [1.165, 1.54) is 12.1 Å². The lowest BCUT2D eigenvalue weighted by Crippen LogP contribution is -2.40. The molecule has 1 aliphatic rings. The molecule has 1 aromatic heterocycles. The van der Waals surface area contributed by atoms with Gasteiger partial charge < -0.3 is 4.84 Å². The molecule has 0 spiro atoms. The second-order valence-corrected chi connectivity index (χ2v) is 5.67. The average molecular weight is 310 g/mol. The molecule has 3 rings (SSSR count). The highest BCUT2D eigenvalue weighted by atomic mass is 16.7. The van der Waals surface area contributed by atoms with E-state index in [0.717, 1.165) is 0 Å². The summed E-state index contributed by atoms with van der Waals surface area (Å²) in [5, 5.41) is 0.512. The maximum Gasteiger partial charge on any atom is 0.344 e. The Balaban J connectivity index is 1.85. The molecule has 0 atom stereocenters. The highest BCUT2D eigenvalue weighted by Gasteiger charge is 2.42.